The summed E-state index contributed by atoms with van der Waals surface area (Å²) in [6.07, 6.45) is 5.30. The van der Waals surface area contributed by atoms with E-state index in [1.807, 2.05) is 12.3 Å². The van der Waals surface area contributed by atoms with Crippen molar-refractivity contribution < 1.29 is 4.74 Å². The lowest BCUT2D eigenvalue weighted by Gasteiger charge is -2.28. The molecule has 0 aliphatic heterocycles. The Labute approximate surface area is 127 Å². The molecule has 0 aliphatic rings. The smallest absolute Gasteiger partial charge is 0.0766 e. The lowest BCUT2D eigenvalue weighted by molar-refractivity contribution is 0.0610. The Hall–Kier alpha value is -1.45. The zero-order valence-corrected chi connectivity index (χ0v) is 13.3. The van der Waals surface area contributed by atoms with Gasteiger partial charge in [-0.3, -0.25) is 4.98 Å². The molecule has 1 aromatic heterocycles. The van der Waals surface area contributed by atoms with Crippen LogP contribution in [-0.2, 0) is 4.74 Å². The summed E-state index contributed by atoms with van der Waals surface area (Å²) in [4.78, 5) is 4.59. The average Bonchev–Trinajstić information content (AvgIpc) is 2.54. The monoisotopic (exact) mass is 286 g/mol. The topological polar surface area (TPSA) is 34.2 Å². The van der Waals surface area contributed by atoms with E-state index < -0.39 is 0 Å². The number of nitrogens with one attached hydrogen (secondary N) is 1. The van der Waals surface area contributed by atoms with Gasteiger partial charge in [0, 0.05) is 18.7 Å². The minimum Gasteiger partial charge on any atom is -0.379 e. The highest BCUT2D eigenvalue weighted by atomic mass is 16.5. The Morgan fingerprint density at radius 1 is 1.14 bits per heavy atom. The molecule has 0 saturated carbocycles. The molecule has 2 unspecified atom stereocenters. The molecule has 2 aromatic rings. The SMILES string of the molecule is CCCNC(c1cccc2cccnc12)C(CCC)OC. The predicted molar refractivity (Wildman–Crippen MR) is 88.5 cm³/mol. The molecule has 3 heteroatoms. The number of fused-ring (bicyclic) bond motifs is 1. The molecular weight excluding hydrogens is 260 g/mol. The van der Waals surface area contributed by atoms with Crippen molar-refractivity contribution in [2.24, 2.45) is 0 Å². The Bertz CT molecular complexity index is 550. The van der Waals surface area contributed by atoms with Gasteiger partial charge in [0.05, 0.1) is 17.7 Å². The van der Waals surface area contributed by atoms with Crippen LogP contribution in [0.25, 0.3) is 10.9 Å². The van der Waals surface area contributed by atoms with Crippen LogP contribution in [0.4, 0.5) is 0 Å². The molecule has 0 aliphatic carbocycles. The Morgan fingerprint density at radius 2 is 1.95 bits per heavy atom. The summed E-state index contributed by atoms with van der Waals surface area (Å²) in [6.45, 7) is 5.37. The predicted octanol–water partition coefficient (Wildman–Crippen LogP) is 4.09. The third-order valence-corrected chi connectivity index (χ3v) is 3.86. The van der Waals surface area contributed by atoms with E-state index in [0.717, 1.165) is 31.3 Å². The van der Waals surface area contributed by atoms with Crippen LogP contribution in [0.5, 0.6) is 0 Å². The summed E-state index contributed by atoms with van der Waals surface area (Å²) in [5, 5.41) is 4.83. The maximum atomic E-state index is 5.76. The number of hydrogen-bond acceptors (Lipinski definition) is 3. The summed E-state index contributed by atoms with van der Waals surface area (Å²) in [5.41, 5.74) is 2.31. The van der Waals surface area contributed by atoms with E-state index in [9.17, 15) is 0 Å². The standard InChI is InChI=1S/C18H26N2O/c1-4-8-16(21-3)18(19-12-5-2)15-11-6-9-14-10-7-13-20-17(14)15/h6-7,9-11,13,16,18-19H,4-5,8,12H2,1-3H3. The van der Waals surface area contributed by atoms with E-state index >= 15 is 0 Å². The van der Waals surface area contributed by atoms with Crippen LogP contribution in [0.2, 0.25) is 0 Å². The number of aromatic nitrogens is 1. The summed E-state index contributed by atoms with van der Waals surface area (Å²) in [7, 11) is 1.81. The fourth-order valence-corrected chi connectivity index (χ4v) is 2.83. The second-order valence-corrected chi connectivity index (χ2v) is 5.42. The van der Waals surface area contributed by atoms with E-state index in [0.29, 0.717) is 0 Å². The number of benzene rings is 1. The first-order valence-corrected chi connectivity index (χ1v) is 7.91. The van der Waals surface area contributed by atoms with Gasteiger partial charge in [0.15, 0.2) is 0 Å². The first-order chi connectivity index (χ1) is 10.3. The van der Waals surface area contributed by atoms with Crippen molar-refractivity contribution >= 4 is 10.9 Å². The van der Waals surface area contributed by atoms with Gasteiger partial charge in [-0.2, -0.15) is 0 Å². The van der Waals surface area contributed by atoms with Crippen molar-refractivity contribution in [3.05, 3.63) is 42.1 Å². The fraction of sp³-hybridized carbons (Fsp3) is 0.500. The number of ether oxygens (including phenoxy) is 1. The van der Waals surface area contributed by atoms with E-state index in [-0.39, 0.29) is 12.1 Å². The van der Waals surface area contributed by atoms with Gasteiger partial charge in [-0.1, -0.05) is 44.5 Å². The Balaban J connectivity index is 2.42. The van der Waals surface area contributed by atoms with Crippen molar-refractivity contribution in [2.75, 3.05) is 13.7 Å². The first-order valence-electron chi connectivity index (χ1n) is 7.91. The molecule has 2 rings (SSSR count). The number of pyridine rings is 1. The normalized spacial score (nSPS) is 14.2. The lowest BCUT2D eigenvalue weighted by atomic mass is 9.95. The second kappa shape index (κ2) is 8.11. The first kappa shape index (κ1) is 15.9. The van der Waals surface area contributed by atoms with E-state index in [4.69, 9.17) is 4.74 Å². The fourth-order valence-electron chi connectivity index (χ4n) is 2.83. The van der Waals surface area contributed by atoms with Crippen LogP contribution < -0.4 is 5.32 Å². The molecule has 0 amide bonds. The molecule has 0 saturated heterocycles. The van der Waals surface area contributed by atoms with Crippen LogP contribution in [0, 0.1) is 0 Å². The second-order valence-electron chi connectivity index (χ2n) is 5.42. The molecule has 114 valence electrons. The molecule has 1 N–H and O–H groups in total. The van der Waals surface area contributed by atoms with E-state index in [1.54, 1.807) is 7.11 Å². The van der Waals surface area contributed by atoms with Crippen LogP contribution in [0.15, 0.2) is 36.5 Å². The maximum Gasteiger partial charge on any atom is 0.0766 e. The van der Waals surface area contributed by atoms with Gasteiger partial charge in [-0.05, 0) is 31.0 Å². The summed E-state index contributed by atoms with van der Waals surface area (Å²) in [5.74, 6) is 0. The van der Waals surface area contributed by atoms with Crippen LogP contribution >= 0.6 is 0 Å². The number of nitrogens with zero attached hydrogens (tertiary/aromatic N) is 1. The molecule has 2 atom stereocenters. The Kier molecular flexibility index (Phi) is 6.15. The van der Waals surface area contributed by atoms with Crippen LogP contribution in [-0.4, -0.2) is 24.7 Å². The third-order valence-electron chi connectivity index (χ3n) is 3.86. The molecule has 0 bridgehead atoms. The number of hydrogen-bond donors (Lipinski definition) is 1. The van der Waals surface area contributed by atoms with Gasteiger partial charge >= 0.3 is 0 Å². The Morgan fingerprint density at radius 3 is 2.67 bits per heavy atom. The molecule has 1 aromatic carbocycles. The maximum absolute atomic E-state index is 5.76. The molecule has 0 spiro atoms. The van der Waals surface area contributed by atoms with Gasteiger partial charge in [-0.25, -0.2) is 0 Å². The highest BCUT2D eigenvalue weighted by molar-refractivity contribution is 5.82. The van der Waals surface area contributed by atoms with Gasteiger partial charge in [-0.15, -0.1) is 0 Å². The summed E-state index contributed by atoms with van der Waals surface area (Å²) >= 11 is 0. The molecular formula is C18H26N2O. The molecule has 0 fully saturated rings. The van der Waals surface area contributed by atoms with Crippen molar-refractivity contribution in [2.45, 2.75) is 45.3 Å². The highest BCUT2D eigenvalue weighted by Gasteiger charge is 2.23. The summed E-state index contributed by atoms with van der Waals surface area (Å²) < 4.78 is 5.76. The molecule has 21 heavy (non-hydrogen) atoms. The van der Waals surface area contributed by atoms with Crippen molar-refractivity contribution in [3.63, 3.8) is 0 Å². The van der Waals surface area contributed by atoms with Gasteiger partial charge < -0.3 is 10.1 Å². The van der Waals surface area contributed by atoms with Crippen molar-refractivity contribution in [1.29, 1.82) is 0 Å². The van der Waals surface area contributed by atoms with Crippen LogP contribution in [0.1, 0.15) is 44.7 Å². The quantitative estimate of drug-likeness (QED) is 0.793. The highest BCUT2D eigenvalue weighted by Crippen LogP contribution is 2.28. The third kappa shape index (κ3) is 3.80. The molecule has 3 nitrogen and oxygen atoms in total. The van der Waals surface area contributed by atoms with E-state index in [2.05, 4.69) is 48.4 Å². The zero-order valence-electron chi connectivity index (χ0n) is 13.3. The minimum atomic E-state index is 0.175. The number of para-hydroxylation sites is 1. The largest absolute Gasteiger partial charge is 0.379 e. The van der Waals surface area contributed by atoms with Crippen LogP contribution in [0.3, 0.4) is 0 Å². The zero-order chi connectivity index (χ0) is 15.1. The number of rotatable bonds is 8. The average molecular weight is 286 g/mol. The van der Waals surface area contributed by atoms with Crippen molar-refractivity contribution in [1.82, 2.24) is 10.3 Å². The van der Waals surface area contributed by atoms with Gasteiger partial charge in [0.25, 0.3) is 0 Å². The number of methoxy groups -OCH3 is 1. The van der Waals surface area contributed by atoms with Gasteiger partial charge in [0.1, 0.15) is 0 Å². The van der Waals surface area contributed by atoms with Gasteiger partial charge in [0.2, 0.25) is 0 Å². The molecule has 1 heterocycles. The van der Waals surface area contributed by atoms with Crippen molar-refractivity contribution in [3.8, 4) is 0 Å². The lowest BCUT2D eigenvalue weighted by Crippen LogP contribution is -2.34. The minimum absolute atomic E-state index is 0.175. The summed E-state index contributed by atoms with van der Waals surface area (Å²) in [6, 6.07) is 10.7. The van der Waals surface area contributed by atoms with E-state index in [1.165, 1.54) is 10.9 Å². The molecule has 0 radical (unpaired) electrons.